The van der Waals surface area contributed by atoms with Gasteiger partial charge in [0.05, 0.1) is 5.52 Å². The standard InChI is InChI=1S/C29H31N5O/c1-18-6-7-23(28(35)33-25-9-10-25)15-26(18)22-8-11-27-24(14-22)17-31-29(34-27)32-19(2)12-20-4-3-5-21(13-20)16-30/h3-8,11,13-15,17,19,25H,9-10,12,16,30H2,1-2H3,(H,33,35)(H,31,32,34)/t19-/m0/s1. The van der Waals surface area contributed by atoms with E-state index >= 15 is 0 Å². The number of hydrogen-bond acceptors (Lipinski definition) is 5. The van der Waals surface area contributed by atoms with E-state index in [9.17, 15) is 4.79 Å². The largest absolute Gasteiger partial charge is 0.351 e. The number of hydrogen-bond donors (Lipinski definition) is 3. The highest BCUT2D eigenvalue weighted by Gasteiger charge is 2.24. The van der Waals surface area contributed by atoms with Gasteiger partial charge in [0.15, 0.2) is 0 Å². The molecule has 0 aliphatic heterocycles. The molecule has 1 heterocycles. The lowest BCUT2D eigenvalue weighted by atomic mass is 9.97. The number of nitrogens with one attached hydrogen (secondary N) is 2. The van der Waals surface area contributed by atoms with Gasteiger partial charge in [0.2, 0.25) is 5.95 Å². The van der Waals surface area contributed by atoms with Gasteiger partial charge in [-0.15, -0.1) is 0 Å². The molecular weight excluding hydrogens is 434 g/mol. The van der Waals surface area contributed by atoms with Crippen molar-refractivity contribution in [2.45, 2.75) is 51.7 Å². The van der Waals surface area contributed by atoms with Gasteiger partial charge < -0.3 is 16.4 Å². The van der Waals surface area contributed by atoms with Crippen LogP contribution in [0.4, 0.5) is 5.95 Å². The molecule has 0 radical (unpaired) electrons. The van der Waals surface area contributed by atoms with E-state index in [0.717, 1.165) is 52.4 Å². The fourth-order valence-electron chi connectivity index (χ4n) is 4.35. The van der Waals surface area contributed by atoms with Crippen LogP contribution in [0.15, 0.2) is 66.9 Å². The number of amides is 1. The summed E-state index contributed by atoms with van der Waals surface area (Å²) in [7, 11) is 0. The first-order valence-electron chi connectivity index (χ1n) is 12.2. The summed E-state index contributed by atoms with van der Waals surface area (Å²) in [4.78, 5) is 21.8. The van der Waals surface area contributed by atoms with Crippen molar-refractivity contribution >= 4 is 22.8 Å². The van der Waals surface area contributed by atoms with Crippen molar-refractivity contribution in [3.8, 4) is 11.1 Å². The SMILES string of the molecule is Cc1ccc(C(=O)NC2CC2)cc1-c1ccc2nc(N[C@@H](C)Cc3cccc(CN)c3)ncc2c1. The van der Waals surface area contributed by atoms with E-state index < -0.39 is 0 Å². The molecule has 0 spiro atoms. The minimum absolute atomic E-state index is 0.00235. The molecule has 35 heavy (non-hydrogen) atoms. The maximum Gasteiger partial charge on any atom is 0.251 e. The smallest absolute Gasteiger partial charge is 0.251 e. The quantitative estimate of drug-likeness (QED) is 0.341. The van der Waals surface area contributed by atoms with Crippen molar-refractivity contribution in [3.05, 3.63) is 89.1 Å². The van der Waals surface area contributed by atoms with Gasteiger partial charge >= 0.3 is 0 Å². The molecule has 1 aliphatic rings. The average Bonchev–Trinajstić information content (AvgIpc) is 3.68. The molecule has 5 rings (SSSR count). The number of aryl methyl sites for hydroxylation is 1. The highest BCUT2D eigenvalue weighted by atomic mass is 16.1. The second-order valence-corrected chi connectivity index (χ2v) is 9.52. The summed E-state index contributed by atoms with van der Waals surface area (Å²) >= 11 is 0. The molecule has 1 saturated carbocycles. The minimum atomic E-state index is -0.00235. The van der Waals surface area contributed by atoms with Gasteiger partial charge in [-0.3, -0.25) is 4.79 Å². The van der Waals surface area contributed by atoms with Gasteiger partial charge in [0.25, 0.3) is 5.91 Å². The third kappa shape index (κ3) is 5.49. The lowest BCUT2D eigenvalue weighted by molar-refractivity contribution is 0.0951. The van der Waals surface area contributed by atoms with Crippen molar-refractivity contribution in [1.82, 2.24) is 15.3 Å². The molecule has 1 fully saturated rings. The maximum absolute atomic E-state index is 12.5. The zero-order chi connectivity index (χ0) is 24.4. The zero-order valence-corrected chi connectivity index (χ0v) is 20.2. The first kappa shape index (κ1) is 23.0. The molecule has 4 N–H and O–H groups in total. The van der Waals surface area contributed by atoms with Crippen LogP contribution in [0.25, 0.3) is 22.0 Å². The predicted molar refractivity (Wildman–Crippen MR) is 141 cm³/mol. The molecule has 1 amide bonds. The van der Waals surface area contributed by atoms with E-state index in [1.165, 1.54) is 5.56 Å². The van der Waals surface area contributed by atoms with Crippen LogP contribution in [-0.2, 0) is 13.0 Å². The number of carbonyl (C=O) groups excluding carboxylic acids is 1. The molecule has 1 atom stereocenters. The number of nitrogens with zero attached hydrogens (tertiary/aromatic N) is 2. The number of nitrogens with two attached hydrogens (primary N) is 1. The summed E-state index contributed by atoms with van der Waals surface area (Å²) in [6, 6.07) is 20.9. The summed E-state index contributed by atoms with van der Waals surface area (Å²) in [6.45, 7) is 4.74. The van der Waals surface area contributed by atoms with E-state index in [1.807, 2.05) is 42.6 Å². The van der Waals surface area contributed by atoms with Crippen LogP contribution in [0.3, 0.4) is 0 Å². The average molecular weight is 466 g/mol. The number of benzene rings is 3. The fraction of sp³-hybridized carbons (Fsp3) is 0.276. The summed E-state index contributed by atoms with van der Waals surface area (Å²) in [6.07, 6.45) is 4.87. The molecule has 6 heteroatoms. The first-order valence-corrected chi connectivity index (χ1v) is 12.2. The number of carbonyl (C=O) groups is 1. The normalized spacial score (nSPS) is 14.0. The Balaban J connectivity index is 1.33. The van der Waals surface area contributed by atoms with Crippen LogP contribution in [-0.4, -0.2) is 28.0 Å². The Hall–Kier alpha value is -3.77. The number of rotatable bonds is 8. The van der Waals surface area contributed by atoms with Crippen LogP contribution in [0.5, 0.6) is 0 Å². The number of fused-ring (bicyclic) bond motifs is 1. The minimum Gasteiger partial charge on any atom is -0.351 e. The molecule has 1 aromatic heterocycles. The monoisotopic (exact) mass is 465 g/mol. The van der Waals surface area contributed by atoms with Gasteiger partial charge in [-0.25, -0.2) is 9.97 Å². The third-order valence-corrected chi connectivity index (χ3v) is 6.45. The van der Waals surface area contributed by atoms with Crippen LogP contribution in [0, 0.1) is 6.92 Å². The molecule has 1 aliphatic carbocycles. The Kier molecular flexibility index (Phi) is 6.47. The van der Waals surface area contributed by atoms with E-state index in [2.05, 4.69) is 53.7 Å². The van der Waals surface area contributed by atoms with Gasteiger partial charge in [-0.2, -0.15) is 0 Å². The van der Waals surface area contributed by atoms with E-state index in [-0.39, 0.29) is 11.9 Å². The zero-order valence-electron chi connectivity index (χ0n) is 20.2. The van der Waals surface area contributed by atoms with E-state index in [0.29, 0.717) is 24.1 Å². The predicted octanol–water partition coefficient (Wildman–Crippen LogP) is 5.00. The summed E-state index contributed by atoms with van der Waals surface area (Å²) in [5, 5.41) is 7.45. The molecule has 0 unspecified atom stereocenters. The fourth-order valence-corrected chi connectivity index (χ4v) is 4.35. The van der Waals surface area contributed by atoms with Crippen molar-refractivity contribution in [1.29, 1.82) is 0 Å². The number of aromatic nitrogens is 2. The Bertz CT molecular complexity index is 1380. The Labute approximate surface area is 206 Å². The van der Waals surface area contributed by atoms with Crippen molar-refractivity contribution in [2.24, 2.45) is 5.73 Å². The Morgan fingerprint density at radius 2 is 1.91 bits per heavy atom. The summed E-state index contributed by atoms with van der Waals surface area (Å²) in [5.74, 6) is 0.611. The molecule has 4 aromatic rings. The van der Waals surface area contributed by atoms with Crippen LogP contribution in [0.1, 0.15) is 46.8 Å². The van der Waals surface area contributed by atoms with Gasteiger partial charge in [-0.05, 0) is 85.2 Å². The Morgan fingerprint density at radius 3 is 2.71 bits per heavy atom. The lowest BCUT2D eigenvalue weighted by Crippen LogP contribution is -2.25. The van der Waals surface area contributed by atoms with Crippen molar-refractivity contribution in [3.63, 3.8) is 0 Å². The second-order valence-electron chi connectivity index (χ2n) is 9.52. The second kappa shape index (κ2) is 9.84. The summed E-state index contributed by atoms with van der Waals surface area (Å²) in [5.41, 5.74) is 12.9. The van der Waals surface area contributed by atoms with Crippen LogP contribution < -0.4 is 16.4 Å². The lowest BCUT2D eigenvalue weighted by Gasteiger charge is -2.15. The molecular formula is C29H31N5O. The molecule has 6 nitrogen and oxygen atoms in total. The first-order chi connectivity index (χ1) is 17.0. The highest BCUT2D eigenvalue weighted by molar-refractivity contribution is 5.96. The Morgan fingerprint density at radius 1 is 1.09 bits per heavy atom. The number of anilines is 1. The van der Waals surface area contributed by atoms with E-state index in [1.54, 1.807) is 0 Å². The maximum atomic E-state index is 12.5. The van der Waals surface area contributed by atoms with E-state index in [4.69, 9.17) is 10.7 Å². The molecule has 0 saturated heterocycles. The third-order valence-electron chi connectivity index (χ3n) is 6.45. The van der Waals surface area contributed by atoms with Crippen molar-refractivity contribution in [2.75, 3.05) is 5.32 Å². The van der Waals surface area contributed by atoms with Gasteiger partial charge in [0, 0.05) is 35.8 Å². The molecule has 178 valence electrons. The molecule has 3 aromatic carbocycles. The van der Waals surface area contributed by atoms with Gasteiger partial charge in [0.1, 0.15) is 0 Å². The highest BCUT2D eigenvalue weighted by Crippen LogP contribution is 2.28. The van der Waals surface area contributed by atoms with Gasteiger partial charge in [-0.1, -0.05) is 36.4 Å². The van der Waals surface area contributed by atoms with Crippen LogP contribution >= 0.6 is 0 Å². The van der Waals surface area contributed by atoms with Crippen LogP contribution in [0.2, 0.25) is 0 Å². The molecule has 0 bridgehead atoms. The topological polar surface area (TPSA) is 92.9 Å². The summed E-state index contributed by atoms with van der Waals surface area (Å²) < 4.78 is 0. The van der Waals surface area contributed by atoms with Crippen molar-refractivity contribution < 1.29 is 4.79 Å².